The van der Waals surface area contributed by atoms with Crippen LogP contribution in [0.15, 0.2) is 66.7 Å². The number of benzene rings is 3. The molecule has 2 N–H and O–H groups in total. The quantitative estimate of drug-likeness (QED) is 0.121. The summed E-state index contributed by atoms with van der Waals surface area (Å²) in [5.41, 5.74) is 1.88. The largest absolute Gasteiger partial charge is 0.508 e. The smallest absolute Gasteiger partial charge is 0.195 e. The molecule has 9 heteroatoms. The zero-order chi connectivity index (χ0) is 29.3. The minimum atomic E-state index is -0.139. The zero-order valence-electron chi connectivity index (χ0n) is 23.3. The molecule has 1 aliphatic rings. The van der Waals surface area contributed by atoms with Gasteiger partial charge in [-0.25, -0.2) is 0 Å². The summed E-state index contributed by atoms with van der Waals surface area (Å²) in [6.07, 6.45) is 3.13. The van der Waals surface area contributed by atoms with Crippen molar-refractivity contribution in [1.29, 1.82) is 0 Å². The molecular formula is C33H34O8S. The van der Waals surface area contributed by atoms with E-state index in [9.17, 15) is 19.8 Å². The predicted molar refractivity (Wildman–Crippen MR) is 161 cm³/mol. The van der Waals surface area contributed by atoms with Crippen LogP contribution < -0.4 is 4.74 Å². The van der Waals surface area contributed by atoms with E-state index < -0.39 is 0 Å². The number of fused-ring (bicyclic) bond motifs is 1. The van der Waals surface area contributed by atoms with Crippen molar-refractivity contribution in [2.75, 3.05) is 46.2 Å². The van der Waals surface area contributed by atoms with Gasteiger partial charge in [0.1, 0.15) is 30.5 Å². The Hall–Kier alpha value is -3.76. The topological polar surface area (TPSA) is 112 Å². The lowest BCUT2D eigenvalue weighted by molar-refractivity contribution is -0.130. The lowest BCUT2D eigenvalue weighted by Crippen LogP contribution is -2.26. The molecule has 8 nitrogen and oxygen atoms in total. The van der Waals surface area contributed by atoms with Crippen LogP contribution in [-0.2, 0) is 19.0 Å². The standard InChI is InChI=1S/C33H34O8S/c34-25-8-4-24(5-9-25)33-31(28-13-10-26(35)20-30(28)42-33)32(37)23-6-11-27(12-7-23)41-19-18-39-15-14-38-16-17-40-21-29(36)22-2-1-3-22/h4-13,20,22,34-35H,1-3,14-19,21H2. The monoisotopic (exact) mass is 590 g/mol. The van der Waals surface area contributed by atoms with Crippen LogP contribution in [-0.4, -0.2) is 68.0 Å². The molecule has 1 heterocycles. The highest BCUT2D eigenvalue weighted by Gasteiger charge is 2.25. The van der Waals surface area contributed by atoms with Crippen molar-refractivity contribution in [1.82, 2.24) is 0 Å². The second kappa shape index (κ2) is 14.4. The number of aromatic hydroxyl groups is 2. The number of hydrogen-bond donors (Lipinski definition) is 2. The Morgan fingerprint density at radius 2 is 1.40 bits per heavy atom. The van der Waals surface area contributed by atoms with Crippen LogP contribution in [0, 0.1) is 5.92 Å². The summed E-state index contributed by atoms with van der Waals surface area (Å²) in [5, 5.41) is 20.5. The first-order chi connectivity index (χ1) is 20.5. The fourth-order valence-corrected chi connectivity index (χ4v) is 5.89. The number of carbonyl (C=O) groups excluding carboxylic acids is 2. The average molecular weight is 591 g/mol. The Morgan fingerprint density at radius 1 is 0.762 bits per heavy atom. The third kappa shape index (κ3) is 7.54. The number of phenols is 2. The van der Waals surface area contributed by atoms with Crippen LogP contribution in [0.5, 0.6) is 17.2 Å². The van der Waals surface area contributed by atoms with Gasteiger partial charge < -0.3 is 29.2 Å². The van der Waals surface area contributed by atoms with Gasteiger partial charge in [0, 0.05) is 32.0 Å². The minimum absolute atomic E-state index is 0.135. The zero-order valence-corrected chi connectivity index (χ0v) is 24.1. The van der Waals surface area contributed by atoms with Crippen LogP contribution in [0.3, 0.4) is 0 Å². The molecule has 220 valence electrons. The SMILES string of the molecule is O=C(c1ccc(OCCOCCOCCOCC(=O)C2CCC2)cc1)c1c(-c2ccc(O)cc2)sc2cc(O)ccc12. The Balaban J connectivity index is 1.07. The number of ketones is 2. The third-order valence-electron chi connectivity index (χ3n) is 7.19. The van der Waals surface area contributed by atoms with Crippen LogP contribution in [0.2, 0.25) is 0 Å². The van der Waals surface area contributed by atoms with Crippen LogP contribution in [0.25, 0.3) is 20.5 Å². The lowest BCUT2D eigenvalue weighted by atomic mass is 9.82. The van der Waals surface area contributed by atoms with E-state index in [0.29, 0.717) is 56.5 Å². The highest BCUT2D eigenvalue weighted by atomic mass is 32.1. The fourth-order valence-electron chi connectivity index (χ4n) is 4.65. The number of thiophene rings is 1. The molecule has 1 aromatic heterocycles. The average Bonchev–Trinajstić information content (AvgIpc) is 3.33. The van der Waals surface area contributed by atoms with Crippen LogP contribution >= 0.6 is 11.3 Å². The summed E-state index contributed by atoms with van der Waals surface area (Å²) in [7, 11) is 0. The number of phenolic OH excluding ortho intramolecular Hbond substituents is 2. The maximum absolute atomic E-state index is 13.7. The molecule has 5 rings (SSSR count). The van der Waals surface area contributed by atoms with Crippen molar-refractivity contribution in [3.63, 3.8) is 0 Å². The molecule has 0 spiro atoms. The van der Waals surface area contributed by atoms with Gasteiger partial charge in [-0.2, -0.15) is 0 Å². The van der Waals surface area contributed by atoms with Gasteiger partial charge in [-0.05, 0) is 85.1 Å². The number of Topliss-reactive ketones (excluding diaryl/α,β-unsaturated/α-hetero) is 1. The van der Waals surface area contributed by atoms with Gasteiger partial charge in [-0.15, -0.1) is 11.3 Å². The van der Waals surface area contributed by atoms with Crippen LogP contribution in [0.1, 0.15) is 35.2 Å². The summed E-state index contributed by atoms with van der Waals surface area (Å²) in [4.78, 5) is 26.2. The summed E-state index contributed by atoms with van der Waals surface area (Å²) >= 11 is 1.42. The minimum Gasteiger partial charge on any atom is -0.508 e. The first kappa shape index (κ1) is 29.7. The van der Waals surface area contributed by atoms with Crippen molar-refractivity contribution < 1.29 is 38.7 Å². The number of hydrogen-bond acceptors (Lipinski definition) is 9. The van der Waals surface area contributed by atoms with E-state index in [4.69, 9.17) is 18.9 Å². The molecule has 1 fully saturated rings. The Morgan fingerprint density at radius 3 is 2.07 bits per heavy atom. The summed E-state index contributed by atoms with van der Waals surface area (Å²) in [6, 6.07) is 18.7. The molecule has 0 amide bonds. The molecule has 4 aromatic rings. The highest BCUT2D eigenvalue weighted by molar-refractivity contribution is 7.22. The van der Waals surface area contributed by atoms with Crippen molar-refractivity contribution in [2.24, 2.45) is 5.92 Å². The van der Waals surface area contributed by atoms with Crippen molar-refractivity contribution in [2.45, 2.75) is 19.3 Å². The molecule has 0 aliphatic heterocycles. The Kier molecular flexibility index (Phi) is 10.2. The van der Waals surface area contributed by atoms with Gasteiger partial charge in [0.15, 0.2) is 11.6 Å². The van der Waals surface area contributed by atoms with E-state index in [1.165, 1.54) is 11.3 Å². The van der Waals surface area contributed by atoms with E-state index in [2.05, 4.69) is 0 Å². The molecule has 42 heavy (non-hydrogen) atoms. The first-order valence-corrected chi connectivity index (χ1v) is 14.9. The van der Waals surface area contributed by atoms with Crippen molar-refractivity contribution >= 4 is 33.0 Å². The second-order valence-electron chi connectivity index (χ2n) is 10.1. The predicted octanol–water partition coefficient (Wildman–Crippen LogP) is 6.01. The Bertz CT molecular complexity index is 1490. The molecule has 3 aromatic carbocycles. The molecule has 0 saturated heterocycles. The molecule has 0 unspecified atom stereocenters. The number of rotatable bonds is 16. The third-order valence-corrected chi connectivity index (χ3v) is 8.39. The van der Waals surface area contributed by atoms with Gasteiger partial charge in [-0.1, -0.05) is 6.42 Å². The van der Waals surface area contributed by atoms with E-state index in [-0.39, 0.29) is 35.6 Å². The summed E-state index contributed by atoms with van der Waals surface area (Å²) in [6.45, 7) is 2.58. The van der Waals surface area contributed by atoms with Gasteiger partial charge in [0.2, 0.25) is 0 Å². The van der Waals surface area contributed by atoms with Gasteiger partial charge in [0.25, 0.3) is 0 Å². The number of ether oxygens (including phenoxy) is 4. The van der Waals surface area contributed by atoms with E-state index in [1.54, 1.807) is 66.7 Å². The maximum atomic E-state index is 13.7. The summed E-state index contributed by atoms with van der Waals surface area (Å²) < 4.78 is 22.9. The van der Waals surface area contributed by atoms with E-state index in [1.807, 2.05) is 0 Å². The Labute approximate surface area is 248 Å². The molecule has 1 saturated carbocycles. The molecule has 0 bridgehead atoms. The van der Waals surface area contributed by atoms with E-state index >= 15 is 0 Å². The van der Waals surface area contributed by atoms with Crippen LogP contribution in [0.4, 0.5) is 0 Å². The lowest BCUT2D eigenvalue weighted by Gasteiger charge is -2.23. The highest BCUT2D eigenvalue weighted by Crippen LogP contribution is 2.41. The molecule has 0 radical (unpaired) electrons. The summed E-state index contributed by atoms with van der Waals surface area (Å²) in [5.74, 6) is 1.17. The first-order valence-electron chi connectivity index (χ1n) is 14.1. The second-order valence-corrected chi connectivity index (χ2v) is 11.2. The van der Waals surface area contributed by atoms with Crippen molar-refractivity contribution in [3.8, 4) is 27.7 Å². The maximum Gasteiger partial charge on any atom is 0.195 e. The van der Waals surface area contributed by atoms with E-state index in [0.717, 1.165) is 39.8 Å². The van der Waals surface area contributed by atoms with Crippen molar-refractivity contribution in [3.05, 3.63) is 77.9 Å². The normalized spacial score (nSPS) is 13.2. The molecular weight excluding hydrogens is 556 g/mol. The molecule has 0 atom stereocenters. The van der Waals surface area contributed by atoms with Gasteiger partial charge in [-0.3, -0.25) is 9.59 Å². The molecule has 1 aliphatic carbocycles. The fraction of sp³-hybridized carbons (Fsp3) is 0.333. The van der Waals surface area contributed by atoms with Gasteiger partial charge >= 0.3 is 0 Å². The number of carbonyl (C=O) groups is 2. The van der Waals surface area contributed by atoms with Gasteiger partial charge in [0.05, 0.1) is 33.0 Å².